The summed E-state index contributed by atoms with van der Waals surface area (Å²) in [4.78, 5) is 11.6. The van der Waals surface area contributed by atoms with Crippen molar-refractivity contribution in [2.24, 2.45) is 0 Å². The highest BCUT2D eigenvalue weighted by molar-refractivity contribution is 5.81. The van der Waals surface area contributed by atoms with Gasteiger partial charge in [-0.15, -0.1) is 0 Å². The smallest absolute Gasteiger partial charge is 0.239 e. The minimum atomic E-state index is -0.210. The van der Waals surface area contributed by atoms with Gasteiger partial charge in [-0.05, 0) is 6.42 Å². The van der Waals surface area contributed by atoms with Crippen LogP contribution >= 0.6 is 0 Å². The number of carbonyl (C=O) groups excluding carboxylic acids is 1. The monoisotopic (exact) mass is 246 g/mol. The average molecular weight is 246 g/mol. The third-order valence-corrected chi connectivity index (χ3v) is 2.43. The summed E-state index contributed by atoms with van der Waals surface area (Å²) < 4.78 is 15.3. The van der Waals surface area contributed by atoms with E-state index in [0.717, 1.165) is 13.0 Å². The fourth-order valence-electron chi connectivity index (χ4n) is 1.49. The highest BCUT2D eigenvalue weighted by atomic mass is 16.5. The molecule has 6 heteroatoms. The molecule has 6 nitrogen and oxygen atoms in total. The molecule has 1 heterocycles. The van der Waals surface area contributed by atoms with Gasteiger partial charge in [0.2, 0.25) is 5.91 Å². The van der Waals surface area contributed by atoms with Crippen LogP contribution in [0.2, 0.25) is 0 Å². The molecule has 1 atom stereocenters. The molecular formula is C11H22N2O4. The minimum absolute atomic E-state index is 0.00147. The van der Waals surface area contributed by atoms with E-state index in [1.54, 1.807) is 7.11 Å². The Bertz CT molecular complexity index is 208. The van der Waals surface area contributed by atoms with E-state index in [9.17, 15) is 4.79 Å². The Morgan fingerprint density at radius 1 is 1.47 bits per heavy atom. The van der Waals surface area contributed by atoms with E-state index >= 15 is 0 Å². The van der Waals surface area contributed by atoms with E-state index in [-0.39, 0.29) is 11.9 Å². The highest BCUT2D eigenvalue weighted by Gasteiger charge is 2.20. The Morgan fingerprint density at radius 2 is 2.35 bits per heavy atom. The van der Waals surface area contributed by atoms with Crippen LogP contribution in [0.5, 0.6) is 0 Å². The van der Waals surface area contributed by atoms with Gasteiger partial charge in [-0.25, -0.2) is 0 Å². The summed E-state index contributed by atoms with van der Waals surface area (Å²) in [6.07, 6.45) is 0.809. The van der Waals surface area contributed by atoms with Crippen LogP contribution in [0.1, 0.15) is 6.42 Å². The van der Waals surface area contributed by atoms with E-state index in [2.05, 4.69) is 10.6 Å². The Kier molecular flexibility index (Phi) is 7.91. The Hall–Kier alpha value is -0.690. The van der Waals surface area contributed by atoms with E-state index in [1.807, 2.05) is 0 Å². The summed E-state index contributed by atoms with van der Waals surface area (Å²) in [5, 5.41) is 5.95. The van der Waals surface area contributed by atoms with E-state index in [1.165, 1.54) is 0 Å². The van der Waals surface area contributed by atoms with Gasteiger partial charge in [0.25, 0.3) is 0 Å². The van der Waals surface area contributed by atoms with Crippen LogP contribution in [-0.4, -0.2) is 65.2 Å². The third kappa shape index (κ3) is 6.58. The summed E-state index contributed by atoms with van der Waals surface area (Å²) in [6, 6.07) is -0.210. The van der Waals surface area contributed by atoms with E-state index in [4.69, 9.17) is 14.2 Å². The van der Waals surface area contributed by atoms with Gasteiger partial charge in [-0.1, -0.05) is 0 Å². The molecule has 1 rings (SSSR count). The number of amides is 1. The van der Waals surface area contributed by atoms with E-state index in [0.29, 0.717) is 39.6 Å². The fraction of sp³-hybridized carbons (Fsp3) is 0.909. The molecule has 100 valence electrons. The van der Waals surface area contributed by atoms with Crippen molar-refractivity contribution < 1.29 is 19.0 Å². The summed E-state index contributed by atoms with van der Waals surface area (Å²) in [7, 11) is 1.64. The maximum atomic E-state index is 11.6. The number of hydrogen-bond donors (Lipinski definition) is 2. The third-order valence-electron chi connectivity index (χ3n) is 2.43. The van der Waals surface area contributed by atoms with Crippen LogP contribution in [0, 0.1) is 0 Å². The number of methoxy groups -OCH3 is 1. The van der Waals surface area contributed by atoms with Gasteiger partial charge >= 0.3 is 0 Å². The molecule has 0 spiro atoms. The van der Waals surface area contributed by atoms with Crippen molar-refractivity contribution in [2.75, 3.05) is 53.2 Å². The fourth-order valence-corrected chi connectivity index (χ4v) is 1.49. The molecule has 0 aliphatic carbocycles. The molecule has 0 aromatic carbocycles. The lowest BCUT2D eigenvalue weighted by Crippen LogP contribution is -2.51. The number of nitrogens with one attached hydrogen (secondary N) is 2. The summed E-state index contributed by atoms with van der Waals surface area (Å²) in [6.45, 7) is 4.34. The van der Waals surface area contributed by atoms with Crippen LogP contribution in [-0.2, 0) is 19.0 Å². The molecule has 2 N–H and O–H groups in total. The predicted molar refractivity (Wildman–Crippen MR) is 62.9 cm³/mol. The van der Waals surface area contributed by atoms with Gasteiger partial charge in [0.05, 0.1) is 26.4 Å². The average Bonchev–Trinajstić information content (AvgIpc) is 2.38. The molecule has 1 fully saturated rings. The first-order valence-corrected chi connectivity index (χ1v) is 6.00. The largest absolute Gasteiger partial charge is 0.382 e. The zero-order chi connectivity index (χ0) is 12.3. The van der Waals surface area contributed by atoms with Gasteiger partial charge in [0, 0.05) is 26.8 Å². The molecule has 0 bridgehead atoms. The predicted octanol–water partition coefficient (Wildman–Crippen LogP) is -0.856. The van der Waals surface area contributed by atoms with Crippen LogP contribution in [0.4, 0.5) is 0 Å². The second-order valence-corrected chi connectivity index (χ2v) is 3.83. The van der Waals surface area contributed by atoms with Crippen molar-refractivity contribution in [3.05, 3.63) is 0 Å². The Morgan fingerprint density at radius 3 is 3.06 bits per heavy atom. The topological polar surface area (TPSA) is 68.8 Å². The maximum absolute atomic E-state index is 11.6. The van der Waals surface area contributed by atoms with Crippen molar-refractivity contribution in [1.29, 1.82) is 0 Å². The summed E-state index contributed by atoms with van der Waals surface area (Å²) >= 11 is 0. The lowest BCUT2D eigenvalue weighted by Gasteiger charge is -2.22. The number of carbonyl (C=O) groups is 1. The van der Waals surface area contributed by atoms with Crippen LogP contribution < -0.4 is 10.6 Å². The molecule has 1 aliphatic heterocycles. The van der Waals surface area contributed by atoms with Crippen molar-refractivity contribution in [1.82, 2.24) is 10.6 Å². The molecular weight excluding hydrogens is 224 g/mol. The van der Waals surface area contributed by atoms with E-state index < -0.39 is 0 Å². The molecule has 1 aliphatic rings. The van der Waals surface area contributed by atoms with Crippen LogP contribution in [0.25, 0.3) is 0 Å². The summed E-state index contributed by atoms with van der Waals surface area (Å²) in [5.41, 5.74) is 0. The standard InChI is InChI=1S/C11H22N2O4/c1-15-7-8-16-5-2-3-13-11(14)10-9-17-6-4-12-10/h10,12H,2-9H2,1H3,(H,13,14). The number of hydrogen-bond acceptors (Lipinski definition) is 5. The Labute approximate surface area is 102 Å². The van der Waals surface area contributed by atoms with Gasteiger partial charge in [0.1, 0.15) is 6.04 Å². The molecule has 0 radical (unpaired) electrons. The van der Waals surface area contributed by atoms with Gasteiger partial charge in [-0.3, -0.25) is 4.79 Å². The maximum Gasteiger partial charge on any atom is 0.239 e. The van der Waals surface area contributed by atoms with Crippen molar-refractivity contribution in [3.63, 3.8) is 0 Å². The Balaban J connectivity index is 1.92. The molecule has 0 saturated carbocycles. The van der Waals surface area contributed by atoms with Gasteiger partial charge < -0.3 is 24.8 Å². The highest BCUT2D eigenvalue weighted by Crippen LogP contribution is 1.93. The number of morpholine rings is 1. The molecule has 1 unspecified atom stereocenters. The normalized spacial score (nSPS) is 20.2. The lowest BCUT2D eigenvalue weighted by molar-refractivity contribution is -0.125. The minimum Gasteiger partial charge on any atom is -0.382 e. The van der Waals surface area contributed by atoms with Crippen LogP contribution in [0.15, 0.2) is 0 Å². The SMILES string of the molecule is COCCOCCCNC(=O)C1COCCN1. The molecule has 0 aromatic rings. The zero-order valence-corrected chi connectivity index (χ0v) is 10.4. The van der Waals surface area contributed by atoms with Crippen LogP contribution in [0.3, 0.4) is 0 Å². The molecule has 1 amide bonds. The second-order valence-electron chi connectivity index (χ2n) is 3.83. The number of rotatable bonds is 8. The lowest BCUT2D eigenvalue weighted by atomic mass is 10.2. The first kappa shape index (κ1) is 14.4. The molecule has 17 heavy (non-hydrogen) atoms. The zero-order valence-electron chi connectivity index (χ0n) is 10.4. The number of ether oxygens (including phenoxy) is 3. The second kappa shape index (κ2) is 9.35. The van der Waals surface area contributed by atoms with Gasteiger partial charge in [-0.2, -0.15) is 0 Å². The molecule has 1 saturated heterocycles. The quantitative estimate of drug-likeness (QED) is 0.546. The van der Waals surface area contributed by atoms with Crippen molar-refractivity contribution in [2.45, 2.75) is 12.5 Å². The summed E-state index contributed by atoms with van der Waals surface area (Å²) in [5.74, 6) is 0.00147. The van der Waals surface area contributed by atoms with Gasteiger partial charge in [0.15, 0.2) is 0 Å². The first-order valence-electron chi connectivity index (χ1n) is 6.00. The molecule has 0 aromatic heterocycles. The first-order chi connectivity index (χ1) is 8.34. The van der Waals surface area contributed by atoms with Crippen molar-refractivity contribution >= 4 is 5.91 Å². The van der Waals surface area contributed by atoms with Crippen molar-refractivity contribution in [3.8, 4) is 0 Å².